The Hall–Kier alpha value is -3.86. The number of amides is 1. The smallest absolute Gasteiger partial charge is 0.282 e. The van der Waals surface area contributed by atoms with Crippen molar-refractivity contribution in [2.75, 3.05) is 42.9 Å². The molecule has 3 fully saturated rings. The number of pyridine rings is 1. The van der Waals surface area contributed by atoms with E-state index in [2.05, 4.69) is 41.3 Å². The van der Waals surface area contributed by atoms with Gasteiger partial charge in [-0.3, -0.25) is 9.78 Å². The van der Waals surface area contributed by atoms with Crippen molar-refractivity contribution in [3.05, 3.63) is 60.4 Å². The molecule has 2 saturated heterocycles. The fourth-order valence-corrected chi connectivity index (χ4v) is 7.92. The summed E-state index contributed by atoms with van der Waals surface area (Å²) in [5.74, 6) is 0.794. The van der Waals surface area contributed by atoms with Gasteiger partial charge in [-0.05, 0) is 127 Å². The molecule has 6 rings (SSSR count). The molecule has 2 aromatic heterocycles. The van der Waals surface area contributed by atoms with Gasteiger partial charge in [-0.15, -0.1) is 10.2 Å². The summed E-state index contributed by atoms with van der Waals surface area (Å²) in [6.07, 6.45) is 13.8. The highest BCUT2D eigenvalue weighted by atomic mass is 19.1. The van der Waals surface area contributed by atoms with Crippen LogP contribution in [0.15, 0.2) is 49.1 Å². The summed E-state index contributed by atoms with van der Waals surface area (Å²) in [7, 11) is 0. The highest BCUT2D eigenvalue weighted by molar-refractivity contribution is 5.97. The highest BCUT2D eigenvalue weighted by Gasteiger charge is 2.39. The summed E-state index contributed by atoms with van der Waals surface area (Å²) < 4.78 is 20.6. The lowest BCUT2D eigenvalue weighted by molar-refractivity contribution is 0.0584. The van der Waals surface area contributed by atoms with E-state index in [0.29, 0.717) is 23.2 Å². The van der Waals surface area contributed by atoms with Crippen LogP contribution in [0.5, 0.6) is 11.6 Å². The van der Waals surface area contributed by atoms with E-state index in [4.69, 9.17) is 4.74 Å². The molecule has 0 radical (unpaired) electrons. The fraction of sp³-hybridized carbons (Fsp3) is 0.583. The lowest BCUT2D eigenvalue weighted by Gasteiger charge is -2.46. The Morgan fingerprint density at radius 1 is 1.06 bits per heavy atom. The van der Waals surface area contributed by atoms with Crippen LogP contribution in [-0.2, 0) is 0 Å². The summed E-state index contributed by atoms with van der Waals surface area (Å²) in [5.41, 5.74) is 1.77. The van der Waals surface area contributed by atoms with E-state index in [1.165, 1.54) is 63.1 Å². The van der Waals surface area contributed by atoms with E-state index in [-0.39, 0.29) is 35.2 Å². The molecule has 2 aliphatic heterocycles. The number of halogens is 1. The minimum atomic E-state index is -0.498. The standard InChI is InChI=1S/C36H49FN8O2/c1-25(2)45(26(3)4)35(46)31-20-28(37)7-8-32(31)47-34-33(39-24-40-42-34)44-17-11-27(23-44)22-43-18-14-36(15-19-43)12-9-29(10-13-36)41-30-6-5-16-38-21-30/h5-8,16,20-21,24-27,29,41H,9-15,17-19,22-23H2,1-4H3. The number of nitrogens with one attached hydrogen (secondary N) is 1. The first-order valence-electron chi connectivity index (χ1n) is 17.3. The maximum atomic E-state index is 14.4. The van der Waals surface area contributed by atoms with Gasteiger partial charge in [0.1, 0.15) is 17.9 Å². The van der Waals surface area contributed by atoms with Crippen LogP contribution >= 0.6 is 0 Å². The first-order chi connectivity index (χ1) is 22.7. The summed E-state index contributed by atoms with van der Waals surface area (Å²) in [6.45, 7) is 12.9. The maximum Gasteiger partial charge on any atom is 0.282 e. The first-order valence-corrected chi connectivity index (χ1v) is 17.3. The van der Waals surface area contributed by atoms with E-state index >= 15 is 0 Å². The highest BCUT2D eigenvalue weighted by Crippen LogP contribution is 2.45. The Labute approximate surface area is 278 Å². The van der Waals surface area contributed by atoms with Crippen LogP contribution in [0.25, 0.3) is 0 Å². The van der Waals surface area contributed by atoms with Gasteiger partial charge in [-0.25, -0.2) is 9.37 Å². The largest absolute Gasteiger partial charge is 0.434 e. The number of rotatable bonds is 10. The van der Waals surface area contributed by atoms with Gasteiger partial charge in [-0.1, -0.05) is 0 Å². The zero-order chi connectivity index (χ0) is 33.0. The second kappa shape index (κ2) is 14.5. The molecule has 1 aliphatic carbocycles. The molecule has 1 spiro atoms. The predicted molar refractivity (Wildman–Crippen MR) is 181 cm³/mol. The van der Waals surface area contributed by atoms with Gasteiger partial charge in [0.15, 0.2) is 5.82 Å². The van der Waals surface area contributed by atoms with E-state index < -0.39 is 5.82 Å². The minimum Gasteiger partial charge on any atom is -0.434 e. The van der Waals surface area contributed by atoms with Crippen LogP contribution < -0.4 is 15.0 Å². The summed E-state index contributed by atoms with van der Waals surface area (Å²) in [4.78, 5) is 28.9. The molecule has 47 heavy (non-hydrogen) atoms. The second-order valence-corrected chi connectivity index (χ2v) is 14.3. The molecular formula is C36H49FN8O2. The Bertz CT molecular complexity index is 1480. The summed E-state index contributed by atoms with van der Waals surface area (Å²) >= 11 is 0. The van der Waals surface area contributed by atoms with Gasteiger partial charge in [0.25, 0.3) is 11.8 Å². The average Bonchev–Trinajstić information content (AvgIpc) is 3.53. The van der Waals surface area contributed by atoms with Crippen molar-refractivity contribution in [3.63, 3.8) is 0 Å². The van der Waals surface area contributed by atoms with Crippen molar-refractivity contribution in [2.24, 2.45) is 11.3 Å². The maximum absolute atomic E-state index is 14.4. The number of carbonyl (C=O) groups excluding carboxylic acids is 1. The average molecular weight is 645 g/mol. The fourth-order valence-electron chi connectivity index (χ4n) is 7.92. The van der Waals surface area contributed by atoms with Crippen LogP contribution in [0.2, 0.25) is 0 Å². The predicted octanol–water partition coefficient (Wildman–Crippen LogP) is 6.42. The second-order valence-electron chi connectivity index (χ2n) is 14.3. The molecule has 0 bridgehead atoms. The van der Waals surface area contributed by atoms with Crippen LogP contribution in [0.4, 0.5) is 15.9 Å². The van der Waals surface area contributed by atoms with Crippen molar-refractivity contribution < 1.29 is 13.9 Å². The zero-order valence-electron chi connectivity index (χ0n) is 28.2. The Morgan fingerprint density at radius 2 is 1.83 bits per heavy atom. The lowest BCUT2D eigenvalue weighted by atomic mass is 9.67. The van der Waals surface area contributed by atoms with Gasteiger partial charge >= 0.3 is 0 Å². The van der Waals surface area contributed by atoms with E-state index in [1.807, 2.05) is 46.2 Å². The number of ether oxygens (including phenoxy) is 1. The van der Waals surface area contributed by atoms with Gasteiger partial charge in [0.2, 0.25) is 0 Å². The molecule has 1 aromatic carbocycles. The molecule has 3 aliphatic rings. The number of benzene rings is 1. The van der Waals surface area contributed by atoms with Crippen molar-refractivity contribution in [1.29, 1.82) is 0 Å². The number of aromatic nitrogens is 4. The normalized spacial score (nSPS) is 20.2. The number of anilines is 2. The van der Waals surface area contributed by atoms with E-state index in [0.717, 1.165) is 44.8 Å². The minimum absolute atomic E-state index is 0.0606. The third-order valence-corrected chi connectivity index (χ3v) is 10.4. The molecule has 1 N–H and O–H groups in total. The topological polar surface area (TPSA) is 99.6 Å². The van der Waals surface area contributed by atoms with Gasteiger partial charge in [0, 0.05) is 50.2 Å². The molecule has 1 unspecified atom stereocenters. The molecular weight excluding hydrogens is 595 g/mol. The van der Waals surface area contributed by atoms with Crippen LogP contribution in [0.3, 0.4) is 0 Å². The van der Waals surface area contributed by atoms with Gasteiger partial charge in [-0.2, -0.15) is 0 Å². The number of hydrogen-bond donors (Lipinski definition) is 1. The van der Waals surface area contributed by atoms with Crippen molar-refractivity contribution in [3.8, 4) is 11.6 Å². The quantitative estimate of drug-likeness (QED) is 0.268. The first kappa shape index (κ1) is 33.1. The van der Waals surface area contributed by atoms with Gasteiger partial charge in [0.05, 0.1) is 11.3 Å². The summed E-state index contributed by atoms with van der Waals surface area (Å²) in [5, 5.41) is 11.9. The van der Waals surface area contributed by atoms with Gasteiger partial charge < -0.3 is 24.8 Å². The molecule has 1 amide bonds. The van der Waals surface area contributed by atoms with Crippen LogP contribution in [-0.4, -0.2) is 86.7 Å². The van der Waals surface area contributed by atoms with Crippen LogP contribution in [0, 0.1) is 17.2 Å². The third-order valence-electron chi connectivity index (χ3n) is 10.4. The molecule has 10 nitrogen and oxygen atoms in total. The van der Waals surface area contributed by atoms with Crippen LogP contribution in [0.1, 0.15) is 83.0 Å². The summed E-state index contributed by atoms with van der Waals surface area (Å²) in [6, 6.07) is 8.53. The van der Waals surface area contributed by atoms with E-state index in [9.17, 15) is 9.18 Å². The molecule has 4 heterocycles. The Balaban J connectivity index is 1.04. The molecule has 11 heteroatoms. The number of nitrogens with zero attached hydrogens (tertiary/aromatic N) is 7. The lowest BCUT2D eigenvalue weighted by Crippen LogP contribution is -2.45. The molecule has 3 aromatic rings. The Morgan fingerprint density at radius 3 is 2.53 bits per heavy atom. The van der Waals surface area contributed by atoms with Crippen molar-refractivity contribution in [2.45, 2.75) is 90.8 Å². The SMILES string of the molecule is CC(C)N(C(=O)c1cc(F)ccc1Oc1nncnc1N1CCC(CN2CCC3(CCC(Nc4cccnc4)CC3)CC2)C1)C(C)C. The zero-order valence-corrected chi connectivity index (χ0v) is 28.2. The number of carbonyl (C=O) groups is 1. The monoisotopic (exact) mass is 644 g/mol. The molecule has 1 saturated carbocycles. The van der Waals surface area contributed by atoms with E-state index in [1.54, 1.807) is 4.90 Å². The number of piperidine rings is 1. The molecule has 252 valence electrons. The molecule has 1 atom stereocenters. The number of likely N-dealkylation sites (tertiary alicyclic amines) is 1. The Kier molecular flexibility index (Phi) is 10.2. The number of hydrogen-bond acceptors (Lipinski definition) is 9. The van der Waals surface area contributed by atoms with Crippen molar-refractivity contribution >= 4 is 17.4 Å². The van der Waals surface area contributed by atoms with Crippen molar-refractivity contribution in [1.82, 2.24) is 30.0 Å². The third kappa shape index (κ3) is 7.83.